The number of nitrogens with zero attached hydrogens (tertiary/aromatic N) is 1. The molecule has 2 aliphatic rings. The van der Waals surface area contributed by atoms with Crippen LogP contribution in [0.25, 0.3) is 0 Å². The Labute approximate surface area is 101 Å². The van der Waals surface area contributed by atoms with Gasteiger partial charge in [0.1, 0.15) is 0 Å². The number of rotatable bonds is 1. The van der Waals surface area contributed by atoms with Crippen molar-refractivity contribution in [1.29, 1.82) is 0 Å². The molecule has 1 aromatic heterocycles. The summed E-state index contributed by atoms with van der Waals surface area (Å²) in [6.45, 7) is 2.39. The first-order chi connectivity index (χ1) is 7.84. The van der Waals surface area contributed by atoms with Gasteiger partial charge in [-0.2, -0.15) is 0 Å². The molecular formula is C13H20N2S. The summed E-state index contributed by atoms with van der Waals surface area (Å²) in [5.41, 5.74) is 7.59. The van der Waals surface area contributed by atoms with E-state index in [1.165, 1.54) is 45.2 Å². The summed E-state index contributed by atoms with van der Waals surface area (Å²) >= 11 is 1.94. The van der Waals surface area contributed by atoms with E-state index in [1.807, 2.05) is 11.3 Å². The minimum atomic E-state index is 0.446. The lowest BCUT2D eigenvalue weighted by atomic mass is 9.91. The normalized spacial score (nSPS) is 27.9. The molecule has 16 heavy (non-hydrogen) atoms. The fraction of sp³-hybridized carbons (Fsp3) is 0.692. The summed E-state index contributed by atoms with van der Waals surface area (Å²) in [5, 5.41) is 2.26. The van der Waals surface area contributed by atoms with Gasteiger partial charge in [0.05, 0.1) is 0 Å². The zero-order valence-electron chi connectivity index (χ0n) is 9.69. The Morgan fingerprint density at radius 3 is 2.88 bits per heavy atom. The van der Waals surface area contributed by atoms with Crippen LogP contribution in [0.15, 0.2) is 11.4 Å². The summed E-state index contributed by atoms with van der Waals surface area (Å²) < 4.78 is 0. The maximum atomic E-state index is 5.98. The summed E-state index contributed by atoms with van der Waals surface area (Å²) in [7, 11) is 0. The van der Waals surface area contributed by atoms with E-state index in [1.54, 1.807) is 10.4 Å². The second-order valence-electron chi connectivity index (χ2n) is 5.08. The molecule has 1 atom stereocenters. The molecule has 0 spiro atoms. The molecule has 1 saturated heterocycles. The molecule has 0 bridgehead atoms. The van der Waals surface area contributed by atoms with Crippen LogP contribution in [0.5, 0.6) is 0 Å². The van der Waals surface area contributed by atoms with Crippen molar-refractivity contribution in [2.75, 3.05) is 13.1 Å². The average Bonchev–Trinajstić information content (AvgIpc) is 2.78. The van der Waals surface area contributed by atoms with Crippen LogP contribution in [0.4, 0.5) is 0 Å². The summed E-state index contributed by atoms with van der Waals surface area (Å²) in [4.78, 5) is 4.29. The van der Waals surface area contributed by atoms with Gasteiger partial charge in [0.15, 0.2) is 0 Å². The van der Waals surface area contributed by atoms with Crippen LogP contribution in [0.2, 0.25) is 0 Å². The summed E-state index contributed by atoms with van der Waals surface area (Å²) in [6.07, 6.45) is 6.36. The van der Waals surface area contributed by atoms with E-state index in [-0.39, 0.29) is 0 Å². The van der Waals surface area contributed by atoms with E-state index in [0.717, 1.165) is 0 Å². The molecule has 2 heterocycles. The third-order valence-corrected chi connectivity index (χ3v) is 5.03. The molecule has 3 heteroatoms. The van der Waals surface area contributed by atoms with Crippen molar-refractivity contribution in [2.24, 2.45) is 5.73 Å². The Morgan fingerprint density at radius 1 is 1.25 bits per heavy atom. The van der Waals surface area contributed by atoms with Crippen LogP contribution >= 0.6 is 11.3 Å². The quantitative estimate of drug-likeness (QED) is 0.812. The van der Waals surface area contributed by atoms with Crippen LogP contribution < -0.4 is 5.73 Å². The molecule has 0 radical (unpaired) electrons. The predicted octanol–water partition coefficient (Wildman–Crippen LogP) is 2.55. The topological polar surface area (TPSA) is 29.3 Å². The average molecular weight is 236 g/mol. The molecule has 3 rings (SSSR count). The SMILES string of the molecule is NC1CCN(C2CCCc3sccc32)CC1. The van der Waals surface area contributed by atoms with Gasteiger partial charge in [-0.1, -0.05) is 0 Å². The zero-order chi connectivity index (χ0) is 11.0. The van der Waals surface area contributed by atoms with Gasteiger partial charge in [0.2, 0.25) is 0 Å². The van der Waals surface area contributed by atoms with Crippen molar-refractivity contribution in [3.05, 3.63) is 21.9 Å². The first-order valence-electron chi connectivity index (χ1n) is 6.40. The first-order valence-corrected chi connectivity index (χ1v) is 7.28. The van der Waals surface area contributed by atoms with Crippen LogP contribution in [0.1, 0.15) is 42.2 Å². The maximum Gasteiger partial charge on any atom is 0.0359 e. The molecular weight excluding hydrogens is 216 g/mol. The van der Waals surface area contributed by atoms with Gasteiger partial charge in [-0.25, -0.2) is 0 Å². The Kier molecular flexibility index (Phi) is 3.01. The molecule has 0 saturated carbocycles. The highest BCUT2D eigenvalue weighted by molar-refractivity contribution is 7.10. The second kappa shape index (κ2) is 4.47. The monoisotopic (exact) mass is 236 g/mol. The highest BCUT2D eigenvalue weighted by atomic mass is 32.1. The van der Waals surface area contributed by atoms with Crippen molar-refractivity contribution in [3.63, 3.8) is 0 Å². The zero-order valence-corrected chi connectivity index (χ0v) is 10.5. The standard InChI is InChI=1S/C13H20N2S/c14-10-4-7-15(8-5-10)12-2-1-3-13-11(12)6-9-16-13/h6,9-10,12H,1-5,7-8,14H2. The van der Waals surface area contributed by atoms with Gasteiger partial charge in [-0.05, 0) is 49.1 Å². The Morgan fingerprint density at radius 2 is 2.06 bits per heavy atom. The smallest absolute Gasteiger partial charge is 0.0359 e. The summed E-state index contributed by atoms with van der Waals surface area (Å²) in [6, 6.07) is 3.49. The molecule has 2 nitrogen and oxygen atoms in total. The van der Waals surface area contributed by atoms with Crippen molar-refractivity contribution < 1.29 is 0 Å². The maximum absolute atomic E-state index is 5.98. The number of aryl methyl sites for hydroxylation is 1. The van der Waals surface area contributed by atoms with E-state index in [2.05, 4.69) is 16.3 Å². The Bertz CT molecular complexity index is 353. The third-order valence-electron chi connectivity index (χ3n) is 4.04. The molecule has 0 amide bonds. The predicted molar refractivity (Wildman–Crippen MR) is 68.8 cm³/mol. The van der Waals surface area contributed by atoms with Crippen molar-refractivity contribution in [3.8, 4) is 0 Å². The number of nitrogens with two attached hydrogens (primary N) is 1. The molecule has 1 unspecified atom stereocenters. The van der Waals surface area contributed by atoms with E-state index in [9.17, 15) is 0 Å². The fourth-order valence-corrected chi connectivity index (χ4v) is 4.05. The van der Waals surface area contributed by atoms with E-state index < -0.39 is 0 Å². The van der Waals surface area contributed by atoms with Crippen molar-refractivity contribution in [2.45, 2.75) is 44.2 Å². The number of thiophene rings is 1. The van der Waals surface area contributed by atoms with Gasteiger partial charge < -0.3 is 5.73 Å². The highest BCUT2D eigenvalue weighted by Crippen LogP contribution is 2.38. The van der Waals surface area contributed by atoms with Crippen LogP contribution in [0.3, 0.4) is 0 Å². The molecule has 1 aliphatic carbocycles. The lowest BCUT2D eigenvalue weighted by Crippen LogP contribution is -2.42. The van der Waals surface area contributed by atoms with Gasteiger partial charge in [0, 0.05) is 30.1 Å². The van der Waals surface area contributed by atoms with Gasteiger partial charge in [-0.3, -0.25) is 4.90 Å². The number of likely N-dealkylation sites (tertiary alicyclic amines) is 1. The van der Waals surface area contributed by atoms with Crippen molar-refractivity contribution in [1.82, 2.24) is 4.90 Å². The Hall–Kier alpha value is -0.380. The number of hydrogen-bond acceptors (Lipinski definition) is 3. The van der Waals surface area contributed by atoms with Crippen LogP contribution in [-0.2, 0) is 6.42 Å². The number of piperidine rings is 1. The molecule has 1 aromatic rings. The number of hydrogen-bond donors (Lipinski definition) is 1. The van der Waals surface area contributed by atoms with Gasteiger partial charge in [-0.15, -0.1) is 11.3 Å². The largest absolute Gasteiger partial charge is 0.328 e. The highest BCUT2D eigenvalue weighted by Gasteiger charge is 2.28. The number of fused-ring (bicyclic) bond motifs is 1. The third kappa shape index (κ3) is 1.92. The lowest BCUT2D eigenvalue weighted by Gasteiger charge is -2.38. The van der Waals surface area contributed by atoms with E-state index in [0.29, 0.717) is 12.1 Å². The van der Waals surface area contributed by atoms with Crippen LogP contribution in [-0.4, -0.2) is 24.0 Å². The van der Waals surface area contributed by atoms with E-state index in [4.69, 9.17) is 5.73 Å². The van der Waals surface area contributed by atoms with Crippen LogP contribution in [0, 0.1) is 0 Å². The molecule has 1 aliphatic heterocycles. The molecule has 0 aromatic carbocycles. The fourth-order valence-electron chi connectivity index (χ4n) is 3.07. The van der Waals surface area contributed by atoms with Gasteiger partial charge >= 0.3 is 0 Å². The lowest BCUT2D eigenvalue weighted by molar-refractivity contribution is 0.140. The van der Waals surface area contributed by atoms with Gasteiger partial charge in [0.25, 0.3) is 0 Å². The van der Waals surface area contributed by atoms with E-state index >= 15 is 0 Å². The molecule has 88 valence electrons. The minimum Gasteiger partial charge on any atom is -0.328 e. The minimum absolute atomic E-state index is 0.446. The molecule has 2 N–H and O–H groups in total. The summed E-state index contributed by atoms with van der Waals surface area (Å²) in [5.74, 6) is 0. The Balaban J connectivity index is 1.77. The first kappa shape index (κ1) is 10.8. The van der Waals surface area contributed by atoms with Crippen molar-refractivity contribution >= 4 is 11.3 Å². The second-order valence-corrected chi connectivity index (χ2v) is 6.08. The molecule has 1 fully saturated rings.